The van der Waals surface area contributed by atoms with Crippen LogP contribution in [0.15, 0.2) is 48.5 Å². The van der Waals surface area contributed by atoms with Gasteiger partial charge in [-0.15, -0.1) is 11.3 Å². The second-order valence-corrected chi connectivity index (χ2v) is 6.84. The Morgan fingerprint density at radius 1 is 0.952 bits per heavy atom. The molecule has 2 aromatic carbocycles. The second kappa shape index (κ2) is 6.80. The molecule has 0 saturated heterocycles. The molecule has 4 heteroatoms. The third kappa shape index (κ3) is 3.58. The van der Waals surface area contributed by atoms with Crippen molar-refractivity contribution in [1.29, 1.82) is 0 Å². The van der Waals surface area contributed by atoms with Crippen molar-refractivity contribution in [2.75, 3.05) is 6.54 Å². The van der Waals surface area contributed by atoms with Gasteiger partial charge in [-0.1, -0.05) is 53.5 Å². The van der Waals surface area contributed by atoms with Gasteiger partial charge in [-0.05, 0) is 36.7 Å². The quantitative estimate of drug-likeness (QED) is 0.603. The van der Waals surface area contributed by atoms with Crippen molar-refractivity contribution in [3.63, 3.8) is 0 Å². The number of rotatable bonds is 5. The van der Waals surface area contributed by atoms with Crippen molar-refractivity contribution in [3.8, 4) is 0 Å². The fourth-order valence-corrected chi connectivity index (χ4v) is 3.86. The molecular weight excluding hydrogens is 321 g/mol. The monoisotopic (exact) mass is 335 g/mol. The first kappa shape index (κ1) is 14.9. The summed E-state index contributed by atoms with van der Waals surface area (Å²) in [5, 5.41) is 6.28. The van der Waals surface area contributed by atoms with Crippen molar-refractivity contribution in [2.45, 2.75) is 13.0 Å². The summed E-state index contributed by atoms with van der Waals surface area (Å²) < 4.78 is 1.25. The Hall–Kier alpha value is -1.06. The largest absolute Gasteiger partial charge is 0.311 e. The number of halogens is 2. The molecule has 21 heavy (non-hydrogen) atoms. The van der Waals surface area contributed by atoms with Gasteiger partial charge in [0.25, 0.3) is 0 Å². The number of nitrogens with one attached hydrogen (secondary N) is 1. The van der Waals surface area contributed by atoms with E-state index in [0.717, 1.165) is 34.9 Å². The smallest absolute Gasteiger partial charge is 0.0636 e. The van der Waals surface area contributed by atoms with Gasteiger partial charge in [0.05, 0.1) is 5.02 Å². The van der Waals surface area contributed by atoms with Crippen LogP contribution in [-0.4, -0.2) is 6.54 Å². The van der Waals surface area contributed by atoms with Gasteiger partial charge in [0, 0.05) is 26.5 Å². The Balaban J connectivity index is 1.57. The lowest BCUT2D eigenvalue weighted by Crippen LogP contribution is -2.16. The predicted octanol–water partition coefficient (Wildman–Crippen LogP) is 5.54. The molecule has 3 aromatic rings. The molecule has 0 unspecified atom stereocenters. The first-order valence-corrected chi connectivity index (χ1v) is 8.42. The average Bonchev–Trinajstić information content (AvgIpc) is 2.82. The van der Waals surface area contributed by atoms with E-state index in [0.29, 0.717) is 0 Å². The SMILES string of the molecule is Clc1ccc(CCNCc2sc3ccccc3c2Cl)cc1. The highest BCUT2D eigenvalue weighted by atomic mass is 35.5. The van der Waals surface area contributed by atoms with Crippen LogP contribution in [0.5, 0.6) is 0 Å². The highest BCUT2D eigenvalue weighted by molar-refractivity contribution is 7.19. The van der Waals surface area contributed by atoms with Gasteiger partial charge >= 0.3 is 0 Å². The van der Waals surface area contributed by atoms with E-state index in [4.69, 9.17) is 23.2 Å². The van der Waals surface area contributed by atoms with Gasteiger partial charge < -0.3 is 5.32 Å². The number of hydrogen-bond donors (Lipinski definition) is 1. The molecule has 0 bridgehead atoms. The number of thiophene rings is 1. The summed E-state index contributed by atoms with van der Waals surface area (Å²) in [5.74, 6) is 0. The minimum absolute atomic E-state index is 0.781. The molecule has 0 aliphatic carbocycles. The highest BCUT2D eigenvalue weighted by Gasteiger charge is 2.08. The second-order valence-electron chi connectivity index (χ2n) is 4.89. The maximum Gasteiger partial charge on any atom is 0.0636 e. The van der Waals surface area contributed by atoms with Crippen molar-refractivity contribution in [1.82, 2.24) is 5.32 Å². The van der Waals surface area contributed by atoms with Gasteiger partial charge in [-0.2, -0.15) is 0 Å². The molecule has 108 valence electrons. The maximum atomic E-state index is 6.43. The molecule has 0 radical (unpaired) electrons. The Labute approximate surface area is 138 Å². The molecule has 0 amide bonds. The normalized spacial score (nSPS) is 11.1. The molecule has 3 rings (SSSR count). The fraction of sp³-hybridized carbons (Fsp3) is 0.176. The van der Waals surface area contributed by atoms with Crippen LogP contribution in [0.2, 0.25) is 10.0 Å². The van der Waals surface area contributed by atoms with Crippen molar-refractivity contribution in [3.05, 3.63) is 69.0 Å². The van der Waals surface area contributed by atoms with E-state index in [9.17, 15) is 0 Å². The Morgan fingerprint density at radius 3 is 2.48 bits per heavy atom. The first-order chi connectivity index (χ1) is 10.2. The number of benzene rings is 2. The molecule has 0 atom stereocenters. The van der Waals surface area contributed by atoms with Gasteiger partial charge in [0.1, 0.15) is 0 Å². The van der Waals surface area contributed by atoms with Crippen molar-refractivity contribution < 1.29 is 0 Å². The minimum Gasteiger partial charge on any atom is -0.311 e. The lowest BCUT2D eigenvalue weighted by Gasteiger charge is -2.04. The van der Waals surface area contributed by atoms with E-state index in [1.165, 1.54) is 15.1 Å². The Kier molecular flexibility index (Phi) is 4.81. The molecule has 0 aliphatic rings. The summed E-state index contributed by atoms with van der Waals surface area (Å²) in [6, 6.07) is 16.3. The van der Waals surface area contributed by atoms with Gasteiger partial charge in [-0.3, -0.25) is 0 Å². The van der Waals surface area contributed by atoms with Crippen molar-refractivity contribution in [2.24, 2.45) is 0 Å². The van der Waals surface area contributed by atoms with Crippen LogP contribution in [0.25, 0.3) is 10.1 Å². The van der Waals surface area contributed by atoms with E-state index in [1.807, 2.05) is 24.3 Å². The molecule has 0 aliphatic heterocycles. The summed E-state index contributed by atoms with van der Waals surface area (Å²) in [6.07, 6.45) is 0.986. The van der Waals surface area contributed by atoms with Crippen LogP contribution in [-0.2, 0) is 13.0 Å². The van der Waals surface area contributed by atoms with E-state index in [-0.39, 0.29) is 0 Å². The van der Waals surface area contributed by atoms with E-state index >= 15 is 0 Å². The Bertz CT molecular complexity index is 734. The van der Waals surface area contributed by atoms with E-state index < -0.39 is 0 Å². The number of fused-ring (bicyclic) bond motifs is 1. The molecule has 0 spiro atoms. The zero-order valence-electron chi connectivity index (χ0n) is 11.4. The first-order valence-electron chi connectivity index (χ1n) is 6.85. The molecule has 0 saturated carbocycles. The summed E-state index contributed by atoms with van der Waals surface area (Å²) >= 11 is 14.1. The van der Waals surface area contributed by atoms with Gasteiger partial charge in [0.15, 0.2) is 0 Å². The summed E-state index contributed by atoms with van der Waals surface area (Å²) in [5.41, 5.74) is 1.29. The molecule has 1 N–H and O–H groups in total. The molecule has 1 nitrogen and oxygen atoms in total. The minimum atomic E-state index is 0.781. The molecule has 1 aromatic heterocycles. The van der Waals surface area contributed by atoms with Crippen LogP contribution in [0.1, 0.15) is 10.4 Å². The summed E-state index contributed by atoms with van der Waals surface area (Å²) in [7, 11) is 0. The maximum absolute atomic E-state index is 6.43. The van der Waals surface area contributed by atoms with Gasteiger partial charge in [-0.25, -0.2) is 0 Å². The van der Waals surface area contributed by atoms with Crippen LogP contribution in [0.3, 0.4) is 0 Å². The topological polar surface area (TPSA) is 12.0 Å². The Morgan fingerprint density at radius 2 is 1.71 bits per heavy atom. The third-order valence-corrected chi connectivity index (χ3v) is 5.36. The van der Waals surface area contributed by atoms with Crippen LogP contribution >= 0.6 is 34.5 Å². The van der Waals surface area contributed by atoms with Crippen molar-refractivity contribution >= 4 is 44.6 Å². The van der Waals surface area contributed by atoms with Gasteiger partial charge in [0.2, 0.25) is 0 Å². The third-order valence-electron chi connectivity index (χ3n) is 3.39. The van der Waals surface area contributed by atoms with E-state index in [2.05, 4.69) is 29.6 Å². The number of hydrogen-bond acceptors (Lipinski definition) is 2. The lowest BCUT2D eigenvalue weighted by molar-refractivity contribution is 0.694. The summed E-state index contributed by atoms with van der Waals surface area (Å²) in [6.45, 7) is 1.73. The zero-order chi connectivity index (χ0) is 14.7. The average molecular weight is 336 g/mol. The van der Waals surface area contributed by atoms with E-state index in [1.54, 1.807) is 11.3 Å². The molecular formula is C17H15Cl2NS. The predicted molar refractivity (Wildman–Crippen MR) is 93.7 cm³/mol. The summed E-state index contributed by atoms with van der Waals surface area (Å²) in [4.78, 5) is 1.20. The standard InChI is InChI=1S/C17H15Cl2NS/c18-13-7-5-12(6-8-13)9-10-20-11-16-17(19)14-3-1-2-4-15(14)21-16/h1-8,20H,9-11H2. The van der Waals surface area contributed by atoms with Crippen LogP contribution in [0, 0.1) is 0 Å². The van der Waals surface area contributed by atoms with Crippen LogP contribution < -0.4 is 5.32 Å². The molecule has 1 heterocycles. The molecule has 0 fully saturated rings. The lowest BCUT2D eigenvalue weighted by atomic mass is 10.1. The fourth-order valence-electron chi connectivity index (χ4n) is 2.26. The zero-order valence-corrected chi connectivity index (χ0v) is 13.7. The van der Waals surface area contributed by atoms with Crippen LogP contribution in [0.4, 0.5) is 0 Å². The highest BCUT2D eigenvalue weighted by Crippen LogP contribution is 2.34.